The first-order valence-corrected chi connectivity index (χ1v) is 16.8. The quantitative estimate of drug-likeness (QED) is 0.181. The third kappa shape index (κ3) is 5.61. The summed E-state index contributed by atoms with van der Waals surface area (Å²) in [5.41, 5.74) is 4.56. The molecule has 0 radical (unpaired) electrons. The van der Waals surface area contributed by atoms with Crippen LogP contribution in [-0.4, -0.2) is 39.1 Å². The first-order chi connectivity index (χ1) is 21.4. The summed E-state index contributed by atoms with van der Waals surface area (Å²) < 4.78 is 40.2. The first kappa shape index (κ1) is 29.3. The molecule has 2 aliphatic heterocycles. The second kappa shape index (κ2) is 12.2. The molecule has 1 saturated heterocycles. The summed E-state index contributed by atoms with van der Waals surface area (Å²) in [5.74, 6) is 2.12. The highest BCUT2D eigenvalue weighted by Gasteiger charge is 2.35. The number of hydrogen-bond acceptors (Lipinski definition) is 9. The number of pyridine rings is 2. The highest BCUT2D eigenvalue weighted by Crippen LogP contribution is 2.53. The number of thiophene rings is 1. The maximum atomic E-state index is 14.0. The third-order valence-corrected chi connectivity index (χ3v) is 11.0. The number of aromatic nitrogens is 4. The van der Waals surface area contributed by atoms with Gasteiger partial charge < -0.3 is 14.5 Å². The van der Waals surface area contributed by atoms with E-state index in [2.05, 4.69) is 40.4 Å². The van der Waals surface area contributed by atoms with Crippen LogP contribution in [0.25, 0.3) is 32.0 Å². The molecule has 0 amide bonds. The lowest BCUT2D eigenvalue weighted by atomic mass is 9.89. The largest absolute Gasteiger partial charge is 0.421 e. The second-order valence-electron chi connectivity index (χ2n) is 11.8. The lowest BCUT2D eigenvalue weighted by Gasteiger charge is -2.23. The molecule has 1 unspecified atom stereocenters. The Hall–Kier alpha value is -3.41. The Morgan fingerprint density at radius 2 is 1.89 bits per heavy atom. The maximum absolute atomic E-state index is 14.0. The molecule has 2 aliphatic rings. The molecule has 1 fully saturated rings. The number of nitrogens with one attached hydrogen (secondary N) is 1. The van der Waals surface area contributed by atoms with Crippen LogP contribution in [0.15, 0.2) is 45.8 Å². The van der Waals surface area contributed by atoms with Crippen molar-refractivity contribution >= 4 is 44.7 Å². The summed E-state index contributed by atoms with van der Waals surface area (Å²) in [6, 6.07) is 7.91. The number of ether oxygens (including phenoxy) is 1. The van der Waals surface area contributed by atoms with E-state index in [0.717, 1.165) is 94.3 Å². The van der Waals surface area contributed by atoms with Crippen molar-refractivity contribution in [1.82, 2.24) is 20.2 Å². The minimum atomic E-state index is -0.911. The van der Waals surface area contributed by atoms with Crippen molar-refractivity contribution in [2.24, 2.45) is 11.8 Å². The van der Waals surface area contributed by atoms with Crippen molar-refractivity contribution in [2.45, 2.75) is 57.3 Å². The summed E-state index contributed by atoms with van der Waals surface area (Å²) in [7, 11) is 0. The normalized spacial score (nSPS) is 17.1. The molecule has 44 heavy (non-hydrogen) atoms. The van der Waals surface area contributed by atoms with Gasteiger partial charge in [-0.2, -0.15) is 0 Å². The summed E-state index contributed by atoms with van der Waals surface area (Å²) in [4.78, 5) is 12.2. The average Bonchev–Trinajstić information content (AvgIpc) is 3.76. The molecule has 11 heteroatoms. The van der Waals surface area contributed by atoms with E-state index in [9.17, 15) is 8.78 Å². The fraction of sp³-hybridized carbons (Fsp3) is 0.394. The van der Waals surface area contributed by atoms with Crippen LogP contribution in [0.3, 0.4) is 0 Å². The number of halogens is 2. The molecule has 0 saturated carbocycles. The number of thioether (sulfide) groups is 1. The number of nitrogens with zero attached hydrogens (tertiary/aromatic N) is 4. The number of rotatable bonds is 8. The fourth-order valence-electron chi connectivity index (χ4n) is 6.10. The van der Waals surface area contributed by atoms with E-state index in [1.165, 1.54) is 11.0 Å². The monoisotopic (exact) mass is 633 g/mol. The van der Waals surface area contributed by atoms with Gasteiger partial charge in [0.05, 0.1) is 21.7 Å². The molecule has 5 aromatic rings. The van der Waals surface area contributed by atoms with Crippen LogP contribution in [-0.2, 0) is 11.2 Å². The van der Waals surface area contributed by atoms with Gasteiger partial charge in [-0.05, 0) is 67.2 Å². The topological polar surface area (TPSA) is 86.0 Å². The van der Waals surface area contributed by atoms with Crippen molar-refractivity contribution in [3.63, 3.8) is 0 Å². The van der Waals surface area contributed by atoms with Gasteiger partial charge in [-0.15, -0.1) is 33.3 Å². The van der Waals surface area contributed by atoms with Crippen LogP contribution >= 0.6 is 23.1 Å². The van der Waals surface area contributed by atoms with Gasteiger partial charge in [0.25, 0.3) is 0 Å². The molecule has 7 nitrogen and oxygen atoms in total. The van der Waals surface area contributed by atoms with E-state index >= 15 is 0 Å². The molecule has 4 aromatic heterocycles. The molecular formula is C33H33F2N5O2S2. The zero-order chi connectivity index (χ0) is 30.4. The van der Waals surface area contributed by atoms with Gasteiger partial charge in [0, 0.05) is 65.1 Å². The van der Waals surface area contributed by atoms with Crippen LogP contribution in [0.1, 0.15) is 56.3 Å². The second-order valence-corrected chi connectivity index (χ2v) is 13.9. The van der Waals surface area contributed by atoms with E-state index in [0.29, 0.717) is 41.0 Å². The lowest BCUT2D eigenvalue weighted by Crippen LogP contribution is -2.17. The van der Waals surface area contributed by atoms with Crippen LogP contribution in [0.4, 0.5) is 20.3 Å². The molecule has 1 N–H and O–H groups in total. The summed E-state index contributed by atoms with van der Waals surface area (Å²) in [6.45, 7) is 7.96. The fourth-order valence-corrected chi connectivity index (χ4v) is 8.92. The van der Waals surface area contributed by atoms with Crippen LogP contribution in [0.2, 0.25) is 0 Å². The van der Waals surface area contributed by atoms with E-state index in [-0.39, 0.29) is 0 Å². The predicted octanol–water partition coefficient (Wildman–Crippen LogP) is 8.94. The van der Waals surface area contributed by atoms with Crippen molar-refractivity contribution in [3.05, 3.63) is 65.4 Å². The minimum Gasteiger partial charge on any atom is -0.421 e. The van der Waals surface area contributed by atoms with E-state index < -0.39 is 11.6 Å². The Morgan fingerprint density at radius 3 is 2.64 bits per heavy atom. The summed E-state index contributed by atoms with van der Waals surface area (Å²) in [5, 5.41) is 12.9. The number of fused-ring (bicyclic) bond motifs is 2. The zero-order valence-electron chi connectivity index (χ0n) is 24.8. The van der Waals surface area contributed by atoms with Gasteiger partial charge in [-0.3, -0.25) is 4.98 Å². The Labute approximate surface area is 262 Å². The predicted molar refractivity (Wildman–Crippen MR) is 171 cm³/mol. The van der Waals surface area contributed by atoms with Crippen LogP contribution in [0, 0.1) is 30.4 Å². The molecule has 7 rings (SSSR count). The number of aryl methyl sites for hydroxylation is 2. The number of hydrogen-bond donors (Lipinski definition) is 1. The van der Waals surface area contributed by atoms with Gasteiger partial charge >= 0.3 is 0 Å². The van der Waals surface area contributed by atoms with E-state index in [4.69, 9.17) is 14.1 Å². The molecule has 0 bridgehead atoms. The number of anilines is 2. The number of benzene rings is 1. The van der Waals surface area contributed by atoms with Crippen molar-refractivity contribution < 1.29 is 17.9 Å². The summed E-state index contributed by atoms with van der Waals surface area (Å²) in [6.07, 6.45) is 5.69. The molecule has 228 valence electrons. The highest BCUT2D eigenvalue weighted by molar-refractivity contribution is 7.99. The van der Waals surface area contributed by atoms with Crippen LogP contribution < -0.4 is 5.32 Å². The molecule has 1 atom stereocenters. The van der Waals surface area contributed by atoms with Crippen molar-refractivity contribution in [3.8, 4) is 21.9 Å². The molecule has 1 aromatic carbocycles. The van der Waals surface area contributed by atoms with E-state index in [1.54, 1.807) is 17.5 Å². The standard InChI is InChI=1S/C33H33F2N5O2S2/c1-17(2)22-16-43-31-28(26-14-20-8-11-36-32(30(20)44-26)37-21-5-6-23(34)24(35)15-21)27(33-40-39-18(3)42-33)25(38-29(22)31)7-4-19-9-12-41-13-10-19/h5-6,8,11,14-15,17,19,22H,4,7,9-10,12-13,16H2,1-3H3,(H,36,37). The maximum Gasteiger partial charge on any atom is 0.250 e. The van der Waals surface area contributed by atoms with Gasteiger partial charge in [0.15, 0.2) is 11.6 Å². The summed E-state index contributed by atoms with van der Waals surface area (Å²) >= 11 is 3.45. The Balaban J connectivity index is 1.39. The van der Waals surface area contributed by atoms with Gasteiger partial charge in [-0.25, -0.2) is 13.8 Å². The van der Waals surface area contributed by atoms with E-state index in [1.807, 2.05) is 24.8 Å². The third-order valence-electron chi connectivity index (χ3n) is 8.55. The SMILES string of the molecule is Cc1nnc(-c2c(CCC3CCOCC3)nc3c(c2-c2cc4ccnc(Nc5ccc(F)c(F)c5)c4s2)SCC3C(C)C)o1. The van der Waals surface area contributed by atoms with Gasteiger partial charge in [0.2, 0.25) is 11.8 Å². The molecule has 0 spiro atoms. The molecule has 6 heterocycles. The van der Waals surface area contributed by atoms with Crippen molar-refractivity contribution in [2.75, 3.05) is 24.3 Å². The van der Waals surface area contributed by atoms with Crippen molar-refractivity contribution in [1.29, 1.82) is 0 Å². The van der Waals surface area contributed by atoms with Gasteiger partial charge in [0.1, 0.15) is 5.82 Å². The Bertz CT molecular complexity index is 1830. The smallest absolute Gasteiger partial charge is 0.250 e. The van der Waals surface area contributed by atoms with Gasteiger partial charge in [-0.1, -0.05) is 13.8 Å². The Kier molecular flexibility index (Phi) is 8.11. The lowest BCUT2D eigenvalue weighted by molar-refractivity contribution is 0.0639. The molecule has 0 aliphatic carbocycles. The highest BCUT2D eigenvalue weighted by atomic mass is 32.2. The minimum absolute atomic E-state index is 0.343. The molecular weight excluding hydrogens is 601 g/mol. The van der Waals surface area contributed by atoms with Crippen LogP contribution in [0.5, 0.6) is 0 Å². The average molecular weight is 634 g/mol. The zero-order valence-corrected chi connectivity index (χ0v) is 26.5. The first-order valence-electron chi connectivity index (χ1n) is 15.0. The Morgan fingerprint density at radius 1 is 1.05 bits per heavy atom.